The number of ether oxygens (including phenoxy) is 1. The van der Waals surface area contributed by atoms with Crippen LogP contribution in [-0.2, 0) is 13.1 Å². The highest BCUT2D eigenvalue weighted by Crippen LogP contribution is 2.31. The van der Waals surface area contributed by atoms with Crippen LogP contribution in [0.5, 0.6) is 5.75 Å². The molecule has 0 aliphatic heterocycles. The summed E-state index contributed by atoms with van der Waals surface area (Å²) in [6.45, 7) is 10.6. The number of furan rings is 1. The molecule has 0 bridgehead atoms. The maximum absolute atomic E-state index is 6.09. The molecule has 0 radical (unpaired) electrons. The fourth-order valence-corrected chi connectivity index (χ4v) is 3.24. The highest BCUT2D eigenvalue weighted by atomic mass is 16.5. The van der Waals surface area contributed by atoms with E-state index in [0.717, 1.165) is 34.8 Å². The monoisotopic (exact) mass is 397 g/mol. The van der Waals surface area contributed by atoms with Crippen molar-refractivity contribution >= 4 is 16.9 Å². The predicted molar refractivity (Wildman–Crippen MR) is 116 cm³/mol. The molecule has 2 heterocycles. The van der Waals surface area contributed by atoms with Gasteiger partial charge in [-0.25, -0.2) is 4.98 Å². The molecule has 0 aliphatic rings. The zero-order chi connectivity index (χ0) is 20.8. The summed E-state index contributed by atoms with van der Waals surface area (Å²) in [6.07, 6.45) is 3.85. The highest BCUT2D eigenvalue weighted by Gasteiger charge is 2.16. The average molecular weight is 398 g/mol. The Morgan fingerprint density at radius 3 is 2.86 bits per heavy atom. The Balaban J connectivity index is 1.66. The van der Waals surface area contributed by atoms with Gasteiger partial charge in [-0.15, -0.1) is 0 Å². The second-order valence-electron chi connectivity index (χ2n) is 7.44. The molecular formula is C22H31N5O2. The Labute approximate surface area is 172 Å². The van der Waals surface area contributed by atoms with Crippen LogP contribution < -0.4 is 15.4 Å². The molecule has 1 atom stereocenters. The number of rotatable bonds is 8. The molecule has 3 rings (SSSR count). The maximum atomic E-state index is 6.09. The fraction of sp³-hybridized carbons (Fsp3) is 0.455. The van der Waals surface area contributed by atoms with Crippen LogP contribution >= 0.6 is 0 Å². The quantitative estimate of drug-likeness (QED) is 0.442. The molecule has 0 saturated carbocycles. The van der Waals surface area contributed by atoms with Gasteiger partial charge in [-0.05, 0) is 31.9 Å². The summed E-state index contributed by atoms with van der Waals surface area (Å²) in [6, 6.07) is 7.91. The first-order valence-corrected chi connectivity index (χ1v) is 10.1. The lowest BCUT2D eigenvalue weighted by Crippen LogP contribution is -2.38. The fourth-order valence-electron chi connectivity index (χ4n) is 3.24. The number of imidazole rings is 1. The molecule has 156 valence electrons. The number of nitrogens with zero attached hydrogens (tertiary/aromatic N) is 3. The number of para-hydroxylation sites is 1. The number of aromatic nitrogens is 2. The summed E-state index contributed by atoms with van der Waals surface area (Å²) in [7, 11) is 1.76. The van der Waals surface area contributed by atoms with E-state index in [1.165, 1.54) is 0 Å². The summed E-state index contributed by atoms with van der Waals surface area (Å²) in [5, 5.41) is 7.75. The minimum atomic E-state index is -0.0570. The molecular weight excluding hydrogens is 366 g/mol. The number of guanidine groups is 1. The molecule has 1 unspecified atom stereocenters. The topological polar surface area (TPSA) is 76.6 Å². The minimum Gasteiger partial charge on any atom is -0.490 e. The van der Waals surface area contributed by atoms with Crippen LogP contribution in [0.2, 0.25) is 0 Å². The molecule has 2 N–H and O–H groups in total. The normalized spacial score (nSPS) is 13.1. The van der Waals surface area contributed by atoms with Gasteiger partial charge in [-0.2, -0.15) is 0 Å². The van der Waals surface area contributed by atoms with E-state index in [9.17, 15) is 0 Å². The van der Waals surface area contributed by atoms with E-state index in [1.54, 1.807) is 7.05 Å². The number of nitrogens with one attached hydrogen (secondary N) is 2. The Bertz CT molecular complexity index is 957. The third kappa shape index (κ3) is 5.10. The molecule has 3 aromatic rings. The number of aliphatic imine (C=N–C) groups is 1. The first-order chi connectivity index (χ1) is 14.0. The second kappa shape index (κ2) is 9.49. The smallest absolute Gasteiger partial charge is 0.191 e. The van der Waals surface area contributed by atoms with E-state index < -0.39 is 0 Å². The number of benzene rings is 1. The van der Waals surface area contributed by atoms with Crippen molar-refractivity contribution in [2.75, 3.05) is 13.7 Å². The van der Waals surface area contributed by atoms with Gasteiger partial charge >= 0.3 is 0 Å². The van der Waals surface area contributed by atoms with Gasteiger partial charge < -0.3 is 24.4 Å². The van der Waals surface area contributed by atoms with E-state index in [1.807, 2.05) is 50.5 Å². The van der Waals surface area contributed by atoms with E-state index in [-0.39, 0.29) is 6.04 Å². The molecule has 0 spiro atoms. The zero-order valence-corrected chi connectivity index (χ0v) is 17.9. The first kappa shape index (κ1) is 20.8. The lowest BCUT2D eigenvalue weighted by atomic mass is 10.2. The Hall–Kier alpha value is -2.96. The van der Waals surface area contributed by atoms with Gasteiger partial charge in [-0.1, -0.05) is 26.0 Å². The minimum absolute atomic E-state index is 0.0570. The molecule has 0 fully saturated rings. The van der Waals surface area contributed by atoms with E-state index in [2.05, 4.69) is 39.0 Å². The molecule has 0 amide bonds. The van der Waals surface area contributed by atoms with E-state index >= 15 is 0 Å². The summed E-state index contributed by atoms with van der Waals surface area (Å²) in [4.78, 5) is 8.79. The molecule has 0 saturated heterocycles. The third-order valence-electron chi connectivity index (χ3n) is 4.61. The summed E-state index contributed by atoms with van der Waals surface area (Å²) < 4.78 is 13.9. The SMILES string of the molecule is CCOc1cccc2cc(C(C)NC(=NC)NCc3nccn3CC(C)C)oc12. The van der Waals surface area contributed by atoms with Crippen LogP contribution in [0.3, 0.4) is 0 Å². The summed E-state index contributed by atoms with van der Waals surface area (Å²) in [5.74, 6) is 3.84. The van der Waals surface area contributed by atoms with Crippen LogP contribution in [0.15, 0.2) is 46.1 Å². The predicted octanol–water partition coefficient (Wildman–Crippen LogP) is 4.11. The van der Waals surface area contributed by atoms with Crippen LogP contribution in [0.4, 0.5) is 0 Å². The lowest BCUT2D eigenvalue weighted by molar-refractivity contribution is 0.336. The van der Waals surface area contributed by atoms with Gasteiger partial charge in [0, 0.05) is 31.4 Å². The van der Waals surface area contributed by atoms with Gasteiger partial charge in [0.1, 0.15) is 11.6 Å². The molecule has 0 aliphatic carbocycles. The van der Waals surface area contributed by atoms with Crippen molar-refractivity contribution in [1.29, 1.82) is 0 Å². The van der Waals surface area contributed by atoms with Gasteiger partial charge in [0.25, 0.3) is 0 Å². The van der Waals surface area contributed by atoms with Crippen molar-refractivity contribution in [3.05, 3.63) is 48.2 Å². The Morgan fingerprint density at radius 2 is 2.14 bits per heavy atom. The van der Waals surface area contributed by atoms with Crippen LogP contribution in [0.25, 0.3) is 11.0 Å². The number of hydrogen-bond donors (Lipinski definition) is 2. The van der Waals surface area contributed by atoms with Crippen molar-refractivity contribution < 1.29 is 9.15 Å². The average Bonchev–Trinajstić information content (AvgIpc) is 3.32. The highest BCUT2D eigenvalue weighted by molar-refractivity contribution is 5.84. The van der Waals surface area contributed by atoms with Gasteiger partial charge in [0.2, 0.25) is 0 Å². The van der Waals surface area contributed by atoms with Gasteiger partial charge in [0.15, 0.2) is 17.3 Å². The number of hydrogen-bond acceptors (Lipinski definition) is 4. The maximum Gasteiger partial charge on any atom is 0.191 e. The van der Waals surface area contributed by atoms with Crippen molar-refractivity contribution in [2.24, 2.45) is 10.9 Å². The zero-order valence-electron chi connectivity index (χ0n) is 17.9. The van der Waals surface area contributed by atoms with Crippen LogP contribution in [0.1, 0.15) is 45.3 Å². The molecule has 1 aromatic carbocycles. The van der Waals surface area contributed by atoms with Crippen molar-refractivity contribution in [2.45, 2.75) is 46.8 Å². The van der Waals surface area contributed by atoms with Crippen molar-refractivity contribution in [1.82, 2.24) is 20.2 Å². The molecule has 7 heteroatoms. The van der Waals surface area contributed by atoms with E-state index in [0.29, 0.717) is 25.0 Å². The molecule has 7 nitrogen and oxygen atoms in total. The molecule has 29 heavy (non-hydrogen) atoms. The Kier molecular flexibility index (Phi) is 6.80. The van der Waals surface area contributed by atoms with E-state index in [4.69, 9.17) is 9.15 Å². The largest absolute Gasteiger partial charge is 0.490 e. The third-order valence-corrected chi connectivity index (χ3v) is 4.61. The van der Waals surface area contributed by atoms with Crippen LogP contribution in [-0.4, -0.2) is 29.2 Å². The second-order valence-corrected chi connectivity index (χ2v) is 7.44. The lowest BCUT2D eigenvalue weighted by Gasteiger charge is -2.17. The Morgan fingerprint density at radius 1 is 1.31 bits per heavy atom. The van der Waals surface area contributed by atoms with Gasteiger partial charge in [0.05, 0.1) is 19.2 Å². The van der Waals surface area contributed by atoms with Crippen molar-refractivity contribution in [3.8, 4) is 5.75 Å². The number of fused-ring (bicyclic) bond motifs is 1. The molecule has 2 aromatic heterocycles. The summed E-state index contributed by atoms with van der Waals surface area (Å²) in [5.41, 5.74) is 0.775. The van der Waals surface area contributed by atoms with Gasteiger partial charge in [-0.3, -0.25) is 4.99 Å². The standard InChI is InChI=1S/C22H31N5O2/c1-6-28-18-9-7-8-17-12-19(29-21(17)18)16(4)26-22(23-5)25-13-20-24-10-11-27(20)14-15(2)3/h7-12,15-16H,6,13-14H2,1-5H3,(H2,23,25,26). The first-order valence-electron chi connectivity index (χ1n) is 10.1. The van der Waals surface area contributed by atoms with Crippen LogP contribution in [0, 0.1) is 5.92 Å². The summed E-state index contributed by atoms with van der Waals surface area (Å²) >= 11 is 0. The van der Waals surface area contributed by atoms with Crippen molar-refractivity contribution in [3.63, 3.8) is 0 Å².